The molecule has 0 aliphatic heterocycles. The number of methoxy groups -OCH3 is 1. The van der Waals surface area contributed by atoms with E-state index < -0.39 is 0 Å². The Morgan fingerprint density at radius 1 is 1.30 bits per heavy atom. The number of aryl methyl sites for hydroxylation is 1. The molecule has 3 rings (SSSR count). The second-order valence-electron chi connectivity index (χ2n) is 5.94. The Kier molecular flexibility index (Phi) is 3.62. The lowest BCUT2D eigenvalue weighted by atomic mass is 10.0. The number of ether oxygens (including phenoxy) is 1. The van der Waals surface area contributed by atoms with Gasteiger partial charge in [-0.1, -0.05) is 18.2 Å². The summed E-state index contributed by atoms with van der Waals surface area (Å²) in [5.74, 6) is 1.02. The molecule has 3 nitrogen and oxygen atoms in total. The van der Waals surface area contributed by atoms with Crippen LogP contribution in [0.2, 0.25) is 0 Å². The lowest BCUT2D eigenvalue weighted by Gasteiger charge is -2.17. The van der Waals surface area contributed by atoms with Gasteiger partial charge in [0.25, 0.3) is 0 Å². The molecule has 0 bridgehead atoms. The zero-order valence-electron chi connectivity index (χ0n) is 12.3. The minimum Gasteiger partial charge on any atom is -0.385 e. The summed E-state index contributed by atoms with van der Waals surface area (Å²) in [5, 5.41) is 4.75. The van der Waals surface area contributed by atoms with Gasteiger partial charge in [0.2, 0.25) is 0 Å². The van der Waals surface area contributed by atoms with E-state index in [4.69, 9.17) is 9.72 Å². The average Bonchev–Trinajstić information content (AvgIpc) is 3.23. The fraction of sp³-hybridized carbons (Fsp3) is 0.471. The van der Waals surface area contributed by atoms with Crippen LogP contribution in [0.5, 0.6) is 0 Å². The zero-order chi connectivity index (χ0) is 14.0. The Morgan fingerprint density at radius 3 is 2.85 bits per heavy atom. The maximum Gasteiger partial charge on any atom is 0.129 e. The molecule has 1 saturated carbocycles. The lowest BCUT2D eigenvalue weighted by Crippen LogP contribution is -2.18. The number of benzene rings is 1. The van der Waals surface area contributed by atoms with Crippen molar-refractivity contribution in [3.05, 3.63) is 35.9 Å². The third kappa shape index (κ3) is 2.78. The highest BCUT2D eigenvalue weighted by atomic mass is 16.5. The third-order valence-electron chi connectivity index (χ3n) is 4.34. The molecule has 0 spiro atoms. The van der Waals surface area contributed by atoms with Gasteiger partial charge in [-0.05, 0) is 49.3 Å². The number of anilines is 1. The van der Waals surface area contributed by atoms with E-state index in [0.717, 1.165) is 30.9 Å². The van der Waals surface area contributed by atoms with E-state index in [9.17, 15) is 0 Å². The Labute approximate surface area is 120 Å². The van der Waals surface area contributed by atoms with Crippen molar-refractivity contribution in [2.75, 3.05) is 25.6 Å². The van der Waals surface area contributed by atoms with Crippen molar-refractivity contribution < 1.29 is 4.74 Å². The summed E-state index contributed by atoms with van der Waals surface area (Å²) < 4.78 is 5.21. The third-order valence-corrected chi connectivity index (χ3v) is 4.34. The van der Waals surface area contributed by atoms with Gasteiger partial charge in [0, 0.05) is 25.6 Å². The molecule has 106 valence electrons. The highest BCUT2D eigenvalue weighted by Gasteiger charge is 2.41. The summed E-state index contributed by atoms with van der Waals surface area (Å²) in [6, 6.07) is 10.5. The van der Waals surface area contributed by atoms with Crippen LogP contribution in [0.15, 0.2) is 30.3 Å². The Balaban J connectivity index is 1.73. The first-order chi connectivity index (χ1) is 9.72. The van der Waals surface area contributed by atoms with Crippen molar-refractivity contribution in [2.24, 2.45) is 5.41 Å². The molecule has 0 saturated heterocycles. The van der Waals surface area contributed by atoms with Crippen molar-refractivity contribution in [3.63, 3.8) is 0 Å². The average molecular weight is 270 g/mol. The van der Waals surface area contributed by atoms with E-state index in [1.165, 1.54) is 23.8 Å². The molecule has 0 unspecified atom stereocenters. The van der Waals surface area contributed by atoms with Gasteiger partial charge in [-0.25, -0.2) is 4.98 Å². The highest BCUT2D eigenvalue weighted by molar-refractivity contribution is 5.81. The number of hydrogen-bond acceptors (Lipinski definition) is 3. The normalized spacial score (nSPS) is 16.3. The smallest absolute Gasteiger partial charge is 0.129 e. The molecular formula is C17H22N2O. The van der Waals surface area contributed by atoms with E-state index in [2.05, 4.69) is 36.5 Å². The van der Waals surface area contributed by atoms with Crippen molar-refractivity contribution in [2.45, 2.75) is 26.2 Å². The van der Waals surface area contributed by atoms with E-state index in [0.29, 0.717) is 5.41 Å². The molecule has 0 amide bonds. The predicted octanol–water partition coefficient (Wildman–Crippen LogP) is 3.77. The van der Waals surface area contributed by atoms with Crippen LogP contribution >= 0.6 is 0 Å². The second-order valence-corrected chi connectivity index (χ2v) is 5.94. The van der Waals surface area contributed by atoms with E-state index >= 15 is 0 Å². The fourth-order valence-electron chi connectivity index (χ4n) is 2.68. The van der Waals surface area contributed by atoms with Gasteiger partial charge in [0.05, 0.1) is 5.52 Å². The van der Waals surface area contributed by atoms with E-state index in [1.807, 2.05) is 6.07 Å². The maximum atomic E-state index is 5.21. The summed E-state index contributed by atoms with van der Waals surface area (Å²) in [7, 11) is 1.78. The number of nitrogens with zero attached hydrogens (tertiary/aromatic N) is 1. The van der Waals surface area contributed by atoms with Crippen LogP contribution in [0.4, 0.5) is 5.82 Å². The number of para-hydroxylation sites is 1. The number of rotatable bonds is 6. The zero-order valence-corrected chi connectivity index (χ0v) is 12.3. The van der Waals surface area contributed by atoms with Crippen molar-refractivity contribution >= 4 is 16.7 Å². The van der Waals surface area contributed by atoms with Crippen LogP contribution in [0.25, 0.3) is 10.9 Å². The van der Waals surface area contributed by atoms with Gasteiger partial charge >= 0.3 is 0 Å². The highest BCUT2D eigenvalue weighted by Crippen LogP contribution is 2.48. The molecule has 0 atom stereocenters. The van der Waals surface area contributed by atoms with Crippen LogP contribution in [0, 0.1) is 12.3 Å². The summed E-state index contributed by atoms with van der Waals surface area (Å²) in [4.78, 5) is 4.74. The topological polar surface area (TPSA) is 34.1 Å². The Morgan fingerprint density at radius 2 is 2.10 bits per heavy atom. The van der Waals surface area contributed by atoms with Crippen molar-refractivity contribution in [1.29, 1.82) is 0 Å². The largest absolute Gasteiger partial charge is 0.385 e. The first-order valence-corrected chi connectivity index (χ1v) is 7.32. The van der Waals surface area contributed by atoms with Crippen LogP contribution in [0.1, 0.15) is 24.8 Å². The fourth-order valence-corrected chi connectivity index (χ4v) is 2.68. The minimum absolute atomic E-state index is 0.440. The number of hydrogen-bond donors (Lipinski definition) is 1. The van der Waals surface area contributed by atoms with Crippen LogP contribution in [-0.4, -0.2) is 25.2 Å². The molecule has 1 heterocycles. The molecule has 0 radical (unpaired) electrons. The molecule has 1 fully saturated rings. The van der Waals surface area contributed by atoms with Gasteiger partial charge in [-0.2, -0.15) is 0 Å². The van der Waals surface area contributed by atoms with Gasteiger partial charge in [0.1, 0.15) is 5.82 Å². The number of fused-ring (bicyclic) bond motifs is 1. The molecule has 2 aromatic rings. The molecule has 1 aromatic heterocycles. The molecule has 1 aliphatic carbocycles. The summed E-state index contributed by atoms with van der Waals surface area (Å²) >= 11 is 0. The maximum absolute atomic E-state index is 5.21. The quantitative estimate of drug-likeness (QED) is 0.867. The summed E-state index contributed by atoms with van der Waals surface area (Å²) in [6.45, 7) is 3.98. The lowest BCUT2D eigenvalue weighted by molar-refractivity contribution is 0.175. The number of pyridine rings is 1. The van der Waals surface area contributed by atoms with E-state index in [-0.39, 0.29) is 0 Å². The predicted molar refractivity (Wildman–Crippen MR) is 83.1 cm³/mol. The monoisotopic (exact) mass is 270 g/mol. The molecule has 1 aliphatic rings. The number of nitrogens with one attached hydrogen (secondary N) is 1. The molecule has 20 heavy (non-hydrogen) atoms. The van der Waals surface area contributed by atoms with E-state index in [1.54, 1.807) is 7.11 Å². The first kappa shape index (κ1) is 13.4. The van der Waals surface area contributed by atoms with Crippen molar-refractivity contribution in [1.82, 2.24) is 4.98 Å². The SMILES string of the molecule is COCCC1(CNc2nc3ccccc3cc2C)CC1. The Hall–Kier alpha value is -1.61. The van der Waals surface area contributed by atoms with Gasteiger partial charge in [-0.15, -0.1) is 0 Å². The van der Waals surface area contributed by atoms with Crippen LogP contribution in [0.3, 0.4) is 0 Å². The minimum atomic E-state index is 0.440. The van der Waals surface area contributed by atoms with Gasteiger partial charge < -0.3 is 10.1 Å². The van der Waals surface area contributed by atoms with Gasteiger partial charge in [0.15, 0.2) is 0 Å². The summed E-state index contributed by atoms with van der Waals surface area (Å²) in [6.07, 6.45) is 3.75. The first-order valence-electron chi connectivity index (χ1n) is 7.32. The Bertz CT molecular complexity index is 605. The molecular weight excluding hydrogens is 248 g/mol. The second kappa shape index (κ2) is 5.41. The standard InChI is InChI=1S/C17H22N2O/c1-13-11-14-5-3-4-6-15(14)19-16(13)18-12-17(7-8-17)9-10-20-2/h3-6,11H,7-10,12H2,1-2H3,(H,18,19). The molecule has 3 heteroatoms. The van der Waals surface area contributed by atoms with Crippen LogP contribution < -0.4 is 5.32 Å². The van der Waals surface area contributed by atoms with Gasteiger partial charge in [-0.3, -0.25) is 0 Å². The summed E-state index contributed by atoms with van der Waals surface area (Å²) in [5.41, 5.74) is 2.71. The molecule has 1 aromatic carbocycles. The number of aromatic nitrogens is 1. The van der Waals surface area contributed by atoms with Crippen LogP contribution in [-0.2, 0) is 4.74 Å². The van der Waals surface area contributed by atoms with Crippen molar-refractivity contribution in [3.8, 4) is 0 Å². The molecule has 1 N–H and O–H groups in total.